The molecule has 0 aromatic carbocycles. The van der Waals surface area contributed by atoms with Crippen molar-refractivity contribution in [3.63, 3.8) is 0 Å². The Morgan fingerprint density at radius 1 is 1.60 bits per heavy atom. The van der Waals surface area contributed by atoms with Crippen LogP contribution in [0.2, 0.25) is 0 Å². The molecule has 3 nitrogen and oxygen atoms in total. The quantitative estimate of drug-likeness (QED) is 0.825. The monoisotopic (exact) mass is 239 g/mol. The number of aromatic carboxylic acids is 1. The lowest BCUT2D eigenvalue weighted by atomic mass is 10.2. The molecule has 1 aromatic heterocycles. The number of aromatic nitrogens is 1. The summed E-state index contributed by atoms with van der Waals surface area (Å²) in [4.78, 5) is 13.4. The average molecular weight is 240 g/mol. The molecule has 0 saturated heterocycles. The minimum absolute atomic E-state index is 0.214. The number of pyridine rings is 1. The smallest absolute Gasteiger partial charge is 0.357 e. The van der Waals surface area contributed by atoms with Gasteiger partial charge in [0.1, 0.15) is 5.69 Å². The van der Waals surface area contributed by atoms with Crippen molar-refractivity contribution in [1.82, 2.24) is 4.98 Å². The third kappa shape index (κ3) is 2.38. The molecule has 0 saturated carbocycles. The highest BCUT2D eigenvalue weighted by Gasteiger charge is 2.21. The van der Waals surface area contributed by atoms with Crippen LogP contribution in [0.4, 0.5) is 13.2 Å². The molecule has 1 aromatic rings. The maximum atomic E-state index is 13.0. The van der Waals surface area contributed by atoms with E-state index in [1.807, 2.05) is 0 Å². The number of alkyl halides is 3. The summed E-state index contributed by atoms with van der Waals surface area (Å²) in [5.41, 5.74) is -2.04. The highest BCUT2D eigenvalue weighted by atomic mass is 35.5. The maximum absolute atomic E-state index is 13.0. The summed E-state index contributed by atoms with van der Waals surface area (Å²) in [6, 6.07) is 0.658. The van der Waals surface area contributed by atoms with Gasteiger partial charge in [0.2, 0.25) is 0 Å². The van der Waals surface area contributed by atoms with Gasteiger partial charge in [-0.2, -0.15) is 0 Å². The Morgan fingerprint density at radius 3 is 2.60 bits per heavy atom. The minimum atomic E-state index is -2.99. The number of hydrogen-bond acceptors (Lipinski definition) is 2. The van der Waals surface area contributed by atoms with Crippen molar-refractivity contribution in [3.8, 4) is 0 Å². The molecule has 15 heavy (non-hydrogen) atoms. The number of hydrogen-bond donors (Lipinski definition) is 1. The van der Waals surface area contributed by atoms with Crippen LogP contribution in [0.15, 0.2) is 6.07 Å². The molecule has 0 radical (unpaired) electrons. The second kappa shape index (κ2) is 4.48. The predicted molar refractivity (Wildman–Crippen MR) is 45.7 cm³/mol. The molecule has 0 aliphatic carbocycles. The van der Waals surface area contributed by atoms with E-state index < -0.39 is 29.6 Å². The number of nitrogens with zero attached hydrogens (tertiary/aromatic N) is 1. The SMILES string of the molecule is O=C(O)c1nc(C(F)F)c(CCl)cc1F. The van der Waals surface area contributed by atoms with Crippen LogP contribution in [0.3, 0.4) is 0 Å². The lowest BCUT2D eigenvalue weighted by Crippen LogP contribution is -2.09. The average Bonchev–Trinajstić information content (AvgIpc) is 2.16. The van der Waals surface area contributed by atoms with Crippen molar-refractivity contribution in [3.05, 3.63) is 28.8 Å². The third-order valence-electron chi connectivity index (χ3n) is 1.64. The van der Waals surface area contributed by atoms with Gasteiger partial charge < -0.3 is 5.11 Å². The standard InChI is InChI=1S/C8H5ClF3NO2/c9-2-3-1-4(10)6(8(14)15)13-5(3)7(11)12/h1,7H,2H2,(H,14,15). The summed E-state index contributed by atoms with van der Waals surface area (Å²) >= 11 is 5.29. The van der Waals surface area contributed by atoms with Gasteiger partial charge in [-0.1, -0.05) is 0 Å². The molecule has 0 amide bonds. The lowest BCUT2D eigenvalue weighted by Gasteiger charge is -2.06. The van der Waals surface area contributed by atoms with Crippen LogP contribution < -0.4 is 0 Å². The molecular formula is C8H5ClF3NO2. The fourth-order valence-corrected chi connectivity index (χ4v) is 1.20. The van der Waals surface area contributed by atoms with Crippen molar-refractivity contribution in [2.75, 3.05) is 0 Å². The topological polar surface area (TPSA) is 50.2 Å². The first kappa shape index (κ1) is 11.8. The van der Waals surface area contributed by atoms with Crippen molar-refractivity contribution in [1.29, 1.82) is 0 Å². The fourth-order valence-electron chi connectivity index (χ4n) is 0.987. The van der Waals surface area contributed by atoms with E-state index in [9.17, 15) is 18.0 Å². The molecule has 1 N–H and O–H groups in total. The highest BCUT2D eigenvalue weighted by molar-refractivity contribution is 6.17. The molecule has 0 atom stereocenters. The van der Waals surface area contributed by atoms with Crippen LogP contribution >= 0.6 is 11.6 Å². The fraction of sp³-hybridized carbons (Fsp3) is 0.250. The second-order valence-electron chi connectivity index (χ2n) is 2.60. The predicted octanol–water partition coefficient (Wildman–Crippen LogP) is 2.60. The molecule has 0 unspecified atom stereocenters. The Balaban J connectivity index is 3.37. The third-order valence-corrected chi connectivity index (χ3v) is 1.93. The zero-order valence-electron chi connectivity index (χ0n) is 7.18. The number of carboxylic acid groups (broad SMARTS) is 1. The highest BCUT2D eigenvalue weighted by Crippen LogP contribution is 2.24. The second-order valence-corrected chi connectivity index (χ2v) is 2.87. The molecule has 7 heteroatoms. The Kier molecular flexibility index (Phi) is 3.52. The zero-order chi connectivity index (χ0) is 11.6. The van der Waals surface area contributed by atoms with E-state index in [-0.39, 0.29) is 11.4 Å². The van der Waals surface area contributed by atoms with Crippen LogP contribution in [0.1, 0.15) is 28.2 Å². The van der Waals surface area contributed by atoms with Crippen molar-refractivity contribution in [2.45, 2.75) is 12.3 Å². The van der Waals surface area contributed by atoms with E-state index >= 15 is 0 Å². The van der Waals surface area contributed by atoms with Gasteiger partial charge in [-0.15, -0.1) is 11.6 Å². The van der Waals surface area contributed by atoms with Crippen LogP contribution in [-0.2, 0) is 5.88 Å². The Bertz CT molecular complexity index is 398. The maximum Gasteiger partial charge on any atom is 0.357 e. The van der Waals surface area contributed by atoms with Crippen LogP contribution in [-0.4, -0.2) is 16.1 Å². The van der Waals surface area contributed by atoms with Crippen molar-refractivity contribution < 1.29 is 23.1 Å². The van der Waals surface area contributed by atoms with Crippen molar-refractivity contribution >= 4 is 17.6 Å². The van der Waals surface area contributed by atoms with E-state index in [0.29, 0.717) is 6.07 Å². The number of carbonyl (C=O) groups is 1. The Hall–Kier alpha value is -1.30. The Morgan fingerprint density at radius 2 is 2.20 bits per heavy atom. The molecular weight excluding hydrogens is 235 g/mol. The lowest BCUT2D eigenvalue weighted by molar-refractivity contribution is 0.0683. The van der Waals surface area contributed by atoms with E-state index in [4.69, 9.17) is 16.7 Å². The summed E-state index contributed by atoms with van der Waals surface area (Å²) in [6.45, 7) is 0. The van der Waals surface area contributed by atoms with Gasteiger partial charge >= 0.3 is 5.97 Å². The summed E-state index contributed by atoms with van der Waals surface area (Å²) in [5, 5.41) is 8.46. The molecule has 0 spiro atoms. The summed E-state index contributed by atoms with van der Waals surface area (Å²) < 4.78 is 37.7. The van der Waals surface area contributed by atoms with Gasteiger partial charge in [-0.05, 0) is 11.6 Å². The van der Waals surface area contributed by atoms with Gasteiger partial charge in [-0.3, -0.25) is 0 Å². The first-order chi connectivity index (χ1) is 6.97. The van der Waals surface area contributed by atoms with E-state index in [1.165, 1.54) is 0 Å². The van der Waals surface area contributed by atoms with Gasteiger partial charge in [-0.25, -0.2) is 22.9 Å². The Labute approximate surface area is 87.5 Å². The normalized spacial score (nSPS) is 10.7. The molecule has 0 aliphatic heterocycles. The van der Waals surface area contributed by atoms with Crippen LogP contribution in [0, 0.1) is 5.82 Å². The zero-order valence-corrected chi connectivity index (χ0v) is 7.93. The van der Waals surface area contributed by atoms with Crippen LogP contribution in [0.25, 0.3) is 0 Å². The number of halogens is 4. The first-order valence-electron chi connectivity index (χ1n) is 3.74. The van der Waals surface area contributed by atoms with Gasteiger partial charge in [0, 0.05) is 5.88 Å². The molecule has 0 aliphatic rings. The van der Waals surface area contributed by atoms with Gasteiger partial charge in [0.05, 0.1) is 0 Å². The van der Waals surface area contributed by atoms with E-state index in [2.05, 4.69) is 4.98 Å². The molecule has 82 valence electrons. The van der Waals surface area contributed by atoms with Crippen molar-refractivity contribution in [2.24, 2.45) is 0 Å². The first-order valence-corrected chi connectivity index (χ1v) is 4.27. The number of rotatable bonds is 3. The number of carboxylic acids is 1. The summed E-state index contributed by atoms with van der Waals surface area (Å²) in [7, 11) is 0. The van der Waals surface area contributed by atoms with E-state index in [0.717, 1.165) is 0 Å². The molecule has 0 fully saturated rings. The summed E-state index contributed by atoms with van der Waals surface area (Å²) in [6.07, 6.45) is -2.99. The van der Waals surface area contributed by atoms with Gasteiger partial charge in [0.15, 0.2) is 11.5 Å². The van der Waals surface area contributed by atoms with Crippen LogP contribution in [0.5, 0.6) is 0 Å². The molecule has 1 heterocycles. The molecule has 0 bridgehead atoms. The largest absolute Gasteiger partial charge is 0.476 e. The molecule has 1 rings (SSSR count). The summed E-state index contributed by atoms with van der Waals surface area (Å²) in [5.74, 6) is -3.23. The van der Waals surface area contributed by atoms with E-state index in [1.54, 1.807) is 0 Å². The minimum Gasteiger partial charge on any atom is -0.476 e. The van der Waals surface area contributed by atoms with Gasteiger partial charge in [0.25, 0.3) is 6.43 Å².